The third-order valence-corrected chi connectivity index (χ3v) is 5.21. The lowest BCUT2D eigenvalue weighted by Gasteiger charge is -2.27. The number of benzene rings is 1. The number of amides is 1. The average Bonchev–Trinajstić information content (AvgIpc) is 3.10. The maximum atomic E-state index is 12.5. The van der Waals surface area contributed by atoms with Gasteiger partial charge in [0.25, 0.3) is 5.91 Å². The summed E-state index contributed by atoms with van der Waals surface area (Å²) in [6, 6.07) is 6.85. The van der Waals surface area contributed by atoms with Gasteiger partial charge in [-0.05, 0) is 25.3 Å². The van der Waals surface area contributed by atoms with Crippen molar-refractivity contribution in [1.82, 2.24) is 10.3 Å². The number of carboxylic acids is 1. The highest BCUT2D eigenvalue weighted by atomic mass is 32.1. The Morgan fingerprint density at radius 3 is 2.88 bits per heavy atom. The predicted octanol–water partition coefficient (Wildman–Crippen LogP) is 2.73. The van der Waals surface area contributed by atoms with Crippen molar-refractivity contribution in [2.75, 3.05) is 13.2 Å². The second kappa shape index (κ2) is 7.76. The summed E-state index contributed by atoms with van der Waals surface area (Å²) in [4.78, 5) is 28.4. The summed E-state index contributed by atoms with van der Waals surface area (Å²) < 4.78 is 5.35. The van der Waals surface area contributed by atoms with Crippen LogP contribution in [0.5, 0.6) is 0 Å². The molecule has 3 rings (SSSR count). The van der Waals surface area contributed by atoms with E-state index in [0.717, 1.165) is 29.0 Å². The fraction of sp³-hybridized carbons (Fsp3) is 0.389. The SMILES string of the molecule is Cc1ccccc1-c1nc(C(=O)NC(C(=O)O)C2CCCOC2)cs1. The van der Waals surface area contributed by atoms with Gasteiger partial charge in [-0.2, -0.15) is 0 Å². The molecule has 1 saturated heterocycles. The maximum absolute atomic E-state index is 12.5. The maximum Gasteiger partial charge on any atom is 0.326 e. The number of thiazole rings is 1. The molecule has 2 aromatic rings. The first-order chi connectivity index (χ1) is 12.1. The lowest BCUT2D eigenvalue weighted by Crippen LogP contribution is -2.48. The molecule has 2 N–H and O–H groups in total. The summed E-state index contributed by atoms with van der Waals surface area (Å²) in [5.41, 5.74) is 2.29. The van der Waals surface area contributed by atoms with Gasteiger partial charge in [-0.25, -0.2) is 9.78 Å². The van der Waals surface area contributed by atoms with E-state index in [-0.39, 0.29) is 11.6 Å². The topological polar surface area (TPSA) is 88.5 Å². The minimum absolute atomic E-state index is 0.218. The molecular formula is C18H20N2O4S. The zero-order valence-corrected chi connectivity index (χ0v) is 14.7. The third-order valence-electron chi connectivity index (χ3n) is 4.33. The number of carbonyl (C=O) groups is 2. The van der Waals surface area contributed by atoms with E-state index in [9.17, 15) is 14.7 Å². The van der Waals surface area contributed by atoms with Crippen LogP contribution in [0.2, 0.25) is 0 Å². The molecule has 7 heteroatoms. The Bertz CT molecular complexity index is 768. The smallest absolute Gasteiger partial charge is 0.326 e. The fourth-order valence-electron chi connectivity index (χ4n) is 2.94. The lowest BCUT2D eigenvalue weighted by atomic mass is 9.93. The van der Waals surface area contributed by atoms with Gasteiger partial charge < -0.3 is 15.2 Å². The number of aliphatic carboxylic acids is 1. The first-order valence-corrected chi connectivity index (χ1v) is 9.07. The summed E-state index contributed by atoms with van der Waals surface area (Å²) in [7, 11) is 0. The summed E-state index contributed by atoms with van der Waals surface area (Å²) in [6.07, 6.45) is 1.53. The number of nitrogens with one attached hydrogen (secondary N) is 1. The highest BCUT2D eigenvalue weighted by Gasteiger charge is 2.32. The van der Waals surface area contributed by atoms with Crippen molar-refractivity contribution in [3.8, 4) is 10.6 Å². The Labute approximate surface area is 149 Å². The Morgan fingerprint density at radius 1 is 1.40 bits per heavy atom. The van der Waals surface area contributed by atoms with Gasteiger partial charge >= 0.3 is 5.97 Å². The minimum atomic E-state index is -1.04. The summed E-state index contributed by atoms with van der Waals surface area (Å²) in [5, 5.41) is 14.5. The molecule has 0 aliphatic carbocycles. The van der Waals surface area contributed by atoms with Gasteiger partial charge in [0, 0.05) is 23.5 Å². The first kappa shape index (κ1) is 17.6. The molecule has 2 atom stereocenters. The van der Waals surface area contributed by atoms with E-state index < -0.39 is 17.9 Å². The van der Waals surface area contributed by atoms with E-state index in [4.69, 9.17) is 4.74 Å². The van der Waals surface area contributed by atoms with Crippen molar-refractivity contribution in [1.29, 1.82) is 0 Å². The van der Waals surface area contributed by atoms with Gasteiger partial charge in [0.05, 0.1) is 6.61 Å². The first-order valence-electron chi connectivity index (χ1n) is 8.19. The van der Waals surface area contributed by atoms with E-state index >= 15 is 0 Å². The zero-order valence-electron chi connectivity index (χ0n) is 13.9. The van der Waals surface area contributed by atoms with Crippen LogP contribution in [0, 0.1) is 12.8 Å². The number of ether oxygens (including phenoxy) is 1. The Morgan fingerprint density at radius 2 is 2.20 bits per heavy atom. The van der Waals surface area contributed by atoms with Crippen LogP contribution in [0.25, 0.3) is 10.6 Å². The van der Waals surface area contributed by atoms with Crippen molar-refractivity contribution in [3.05, 3.63) is 40.9 Å². The fourth-order valence-corrected chi connectivity index (χ4v) is 3.83. The van der Waals surface area contributed by atoms with Crippen LogP contribution in [-0.2, 0) is 9.53 Å². The highest BCUT2D eigenvalue weighted by Crippen LogP contribution is 2.26. The molecule has 6 nitrogen and oxygen atoms in total. The third kappa shape index (κ3) is 4.05. The van der Waals surface area contributed by atoms with Crippen LogP contribution < -0.4 is 5.32 Å². The largest absolute Gasteiger partial charge is 0.480 e. The number of carboxylic acid groups (broad SMARTS) is 1. The zero-order chi connectivity index (χ0) is 17.8. The van der Waals surface area contributed by atoms with Crippen molar-refractivity contribution in [2.24, 2.45) is 5.92 Å². The van der Waals surface area contributed by atoms with Crippen molar-refractivity contribution in [2.45, 2.75) is 25.8 Å². The molecule has 25 heavy (non-hydrogen) atoms. The number of aryl methyl sites for hydroxylation is 1. The molecule has 1 aliphatic heterocycles. The molecule has 0 bridgehead atoms. The second-order valence-corrected chi connectivity index (χ2v) is 6.98. The van der Waals surface area contributed by atoms with E-state index in [0.29, 0.717) is 13.2 Å². The van der Waals surface area contributed by atoms with E-state index in [1.165, 1.54) is 11.3 Å². The minimum Gasteiger partial charge on any atom is -0.480 e. The normalized spacial score (nSPS) is 18.5. The van der Waals surface area contributed by atoms with Crippen LogP contribution in [0.1, 0.15) is 28.9 Å². The predicted molar refractivity (Wildman–Crippen MR) is 94.7 cm³/mol. The Hall–Kier alpha value is -2.25. The summed E-state index contributed by atoms with van der Waals surface area (Å²) in [6.45, 7) is 2.98. The Kier molecular flexibility index (Phi) is 5.45. The second-order valence-electron chi connectivity index (χ2n) is 6.12. The summed E-state index contributed by atoms with van der Waals surface area (Å²) in [5.74, 6) is -1.73. The number of rotatable bonds is 5. The van der Waals surface area contributed by atoms with Gasteiger partial charge in [0.2, 0.25) is 0 Å². The van der Waals surface area contributed by atoms with Crippen LogP contribution in [0.4, 0.5) is 0 Å². The molecular weight excluding hydrogens is 340 g/mol. The van der Waals surface area contributed by atoms with Crippen molar-refractivity contribution < 1.29 is 19.4 Å². The van der Waals surface area contributed by atoms with Gasteiger partial charge in [-0.1, -0.05) is 24.3 Å². The molecule has 132 valence electrons. The van der Waals surface area contributed by atoms with Gasteiger partial charge in [-0.3, -0.25) is 4.79 Å². The average molecular weight is 360 g/mol. The number of aromatic nitrogens is 1. The number of carbonyl (C=O) groups excluding carboxylic acids is 1. The molecule has 2 heterocycles. The number of hydrogen-bond acceptors (Lipinski definition) is 5. The van der Waals surface area contributed by atoms with Gasteiger partial charge in [0.15, 0.2) is 0 Å². The lowest BCUT2D eigenvalue weighted by molar-refractivity contribution is -0.142. The molecule has 2 unspecified atom stereocenters. The summed E-state index contributed by atoms with van der Waals surface area (Å²) >= 11 is 1.37. The number of nitrogens with zero attached hydrogens (tertiary/aromatic N) is 1. The highest BCUT2D eigenvalue weighted by molar-refractivity contribution is 7.13. The molecule has 1 aromatic heterocycles. The quantitative estimate of drug-likeness (QED) is 0.856. The molecule has 0 saturated carbocycles. The standard InChI is InChI=1S/C18H20N2O4S/c1-11-5-2-3-7-13(11)17-19-14(10-25-17)16(21)20-15(18(22)23)12-6-4-8-24-9-12/h2-3,5,7,10,12,15H,4,6,8-9H2,1H3,(H,20,21)(H,22,23). The van der Waals surface area contributed by atoms with E-state index in [1.54, 1.807) is 5.38 Å². The molecule has 1 fully saturated rings. The van der Waals surface area contributed by atoms with Crippen LogP contribution >= 0.6 is 11.3 Å². The van der Waals surface area contributed by atoms with E-state index in [1.807, 2.05) is 31.2 Å². The molecule has 0 radical (unpaired) electrons. The van der Waals surface area contributed by atoms with Crippen molar-refractivity contribution in [3.63, 3.8) is 0 Å². The van der Waals surface area contributed by atoms with Gasteiger partial charge in [0.1, 0.15) is 16.7 Å². The molecule has 1 amide bonds. The van der Waals surface area contributed by atoms with Crippen molar-refractivity contribution >= 4 is 23.2 Å². The van der Waals surface area contributed by atoms with Gasteiger partial charge in [-0.15, -0.1) is 11.3 Å². The van der Waals surface area contributed by atoms with E-state index in [2.05, 4.69) is 10.3 Å². The number of hydrogen-bond donors (Lipinski definition) is 2. The van der Waals surface area contributed by atoms with Crippen LogP contribution in [-0.4, -0.2) is 41.2 Å². The molecule has 1 aromatic carbocycles. The molecule has 1 aliphatic rings. The Balaban J connectivity index is 1.74. The van der Waals surface area contributed by atoms with Crippen LogP contribution in [0.3, 0.4) is 0 Å². The van der Waals surface area contributed by atoms with Crippen LogP contribution in [0.15, 0.2) is 29.6 Å². The monoisotopic (exact) mass is 360 g/mol. The molecule has 0 spiro atoms.